The molecular formula is C21H27NO3. The van der Waals surface area contributed by atoms with Crippen molar-refractivity contribution < 1.29 is 14.6 Å². The summed E-state index contributed by atoms with van der Waals surface area (Å²) >= 11 is 0. The minimum Gasteiger partial charge on any atom is -0.462 e. The molecule has 0 aromatic heterocycles. The van der Waals surface area contributed by atoms with Crippen LogP contribution >= 0.6 is 0 Å². The van der Waals surface area contributed by atoms with Gasteiger partial charge in [0.2, 0.25) is 5.79 Å². The van der Waals surface area contributed by atoms with Crippen molar-refractivity contribution in [2.45, 2.75) is 38.1 Å². The Kier molecular flexibility index (Phi) is 6.45. The minimum absolute atomic E-state index is 0.215. The second kappa shape index (κ2) is 8.99. The molecule has 4 heteroatoms. The normalized spacial score (nSPS) is 19.2. The molecule has 1 unspecified atom stereocenters. The Labute approximate surface area is 149 Å². The summed E-state index contributed by atoms with van der Waals surface area (Å²) in [6.45, 7) is 2.37. The Balaban J connectivity index is 1.66. The zero-order chi connectivity index (χ0) is 17.4. The van der Waals surface area contributed by atoms with E-state index in [0.29, 0.717) is 6.61 Å². The summed E-state index contributed by atoms with van der Waals surface area (Å²) in [5.41, 5.74) is 2.40. The van der Waals surface area contributed by atoms with Crippen LogP contribution in [0.1, 0.15) is 30.4 Å². The first-order valence-corrected chi connectivity index (χ1v) is 9.08. The summed E-state index contributed by atoms with van der Waals surface area (Å²) in [4.78, 5) is 0. The van der Waals surface area contributed by atoms with E-state index in [2.05, 4.69) is 29.6 Å². The third-order valence-electron chi connectivity index (χ3n) is 4.58. The van der Waals surface area contributed by atoms with Crippen LogP contribution in [0, 0.1) is 0 Å². The lowest BCUT2D eigenvalue weighted by Gasteiger charge is -2.38. The fourth-order valence-corrected chi connectivity index (χ4v) is 3.13. The number of nitrogens with one attached hydrogen (secondary N) is 1. The predicted octanol–water partition coefficient (Wildman–Crippen LogP) is 3.29. The molecule has 2 aromatic carbocycles. The van der Waals surface area contributed by atoms with E-state index in [0.717, 1.165) is 50.1 Å². The number of hydrogen-bond donors (Lipinski definition) is 2. The molecule has 0 bridgehead atoms. The maximum atomic E-state index is 8.90. The van der Waals surface area contributed by atoms with Gasteiger partial charge in [0.1, 0.15) is 5.75 Å². The predicted molar refractivity (Wildman–Crippen MR) is 98.5 cm³/mol. The molecule has 25 heavy (non-hydrogen) atoms. The average Bonchev–Trinajstić information content (AvgIpc) is 2.67. The van der Waals surface area contributed by atoms with Gasteiger partial charge in [-0.2, -0.15) is 0 Å². The molecule has 134 valence electrons. The summed E-state index contributed by atoms with van der Waals surface area (Å²) < 4.78 is 12.6. The number of aliphatic hydroxyl groups is 1. The van der Waals surface area contributed by atoms with Crippen LogP contribution in [0.25, 0.3) is 0 Å². The lowest BCUT2D eigenvalue weighted by molar-refractivity contribution is -0.204. The van der Waals surface area contributed by atoms with Crippen molar-refractivity contribution in [1.29, 1.82) is 0 Å². The van der Waals surface area contributed by atoms with Gasteiger partial charge in [-0.3, -0.25) is 0 Å². The summed E-state index contributed by atoms with van der Waals surface area (Å²) in [7, 11) is 0. The first-order valence-electron chi connectivity index (χ1n) is 9.08. The highest BCUT2D eigenvalue weighted by Gasteiger charge is 2.37. The van der Waals surface area contributed by atoms with Crippen LogP contribution in [0.5, 0.6) is 5.75 Å². The number of ether oxygens (including phenoxy) is 2. The van der Waals surface area contributed by atoms with Gasteiger partial charge in [-0.05, 0) is 36.6 Å². The second-order valence-corrected chi connectivity index (χ2v) is 6.47. The highest BCUT2D eigenvalue weighted by Crippen LogP contribution is 2.36. The van der Waals surface area contributed by atoms with Crippen LogP contribution in [-0.4, -0.2) is 30.6 Å². The van der Waals surface area contributed by atoms with Crippen molar-refractivity contribution in [3.05, 3.63) is 65.7 Å². The van der Waals surface area contributed by atoms with Gasteiger partial charge in [0.25, 0.3) is 0 Å². The fourth-order valence-electron chi connectivity index (χ4n) is 3.13. The number of benzene rings is 2. The van der Waals surface area contributed by atoms with Crippen LogP contribution in [0.3, 0.4) is 0 Å². The summed E-state index contributed by atoms with van der Waals surface area (Å²) in [5.74, 6) is 0.327. The lowest BCUT2D eigenvalue weighted by Crippen LogP contribution is -2.44. The first kappa shape index (κ1) is 17.9. The second-order valence-electron chi connectivity index (χ2n) is 6.47. The van der Waals surface area contributed by atoms with E-state index in [-0.39, 0.29) is 6.61 Å². The van der Waals surface area contributed by atoms with E-state index >= 15 is 0 Å². The van der Waals surface area contributed by atoms with E-state index in [4.69, 9.17) is 14.6 Å². The number of para-hydroxylation sites is 1. The molecule has 3 rings (SSSR count). The average molecular weight is 341 g/mol. The Morgan fingerprint density at radius 1 is 1.04 bits per heavy atom. The number of fused-ring (bicyclic) bond motifs is 1. The Bertz CT molecular complexity index is 647. The molecule has 0 radical (unpaired) electrons. The topological polar surface area (TPSA) is 50.7 Å². The van der Waals surface area contributed by atoms with Gasteiger partial charge in [0.15, 0.2) is 0 Å². The molecule has 4 nitrogen and oxygen atoms in total. The highest BCUT2D eigenvalue weighted by molar-refractivity contribution is 5.35. The SMILES string of the molecule is OCCCNCCC1(OCc2ccccc2)CCc2ccccc2O1. The molecular weight excluding hydrogens is 314 g/mol. The van der Waals surface area contributed by atoms with Crippen molar-refractivity contribution in [3.8, 4) is 5.75 Å². The molecule has 0 fully saturated rings. The van der Waals surface area contributed by atoms with E-state index in [1.807, 2.05) is 30.3 Å². The first-order chi connectivity index (χ1) is 12.3. The maximum Gasteiger partial charge on any atom is 0.212 e. The van der Waals surface area contributed by atoms with Crippen LogP contribution < -0.4 is 10.1 Å². The van der Waals surface area contributed by atoms with E-state index < -0.39 is 5.79 Å². The third kappa shape index (κ3) is 5.05. The summed E-state index contributed by atoms with van der Waals surface area (Å²) in [6.07, 6.45) is 3.35. The Morgan fingerprint density at radius 2 is 1.84 bits per heavy atom. The number of rotatable bonds is 9. The minimum atomic E-state index is -0.601. The van der Waals surface area contributed by atoms with Gasteiger partial charge in [0, 0.05) is 26.0 Å². The van der Waals surface area contributed by atoms with Gasteiger partial charge in [-0.15, -0.1) is 0 Å². The van der Waals surface area contributed by atoms with Crippen molar-refractivity contribution in [3.63, 3.8) is 0 Å². The highest BCUT2D eigenvalue weighted by atomic mass is 16.7. The maximum absolute atomic E-state index is 8.90. The quantitative estimate of drug-likeness (QED) is 0.687. The van der Waals surface area contributed by atoms with Gasteiger partial charge in [0.05, 0.1) is 6.61 Å². The van der Waals surface area contributed by atoms with Gasteiger partial charge in [-0.25, -0.2) is 0 Å². The van der Waals surface area contributed by atoms with E-state index in [1.165, 1.54) is 5.56 Å². The molecule has 1 aliphatic heterocycles. The van der Waals surface area contributed by atoms with Gasteiger partial charge in [-0.1, -0.05) is 48.5 Å². The van der Waals surface area contributed by atoms with Crippen molar-refractivity contribution in [2.24, 2.45) is 0 Å². The lowest BCUT2D eigenvalue weighted by atomic mass is 9.97. The zero-order valence-electron chi connectivity index (χ0n) is 14.6. The van der Waals surface area contributed by atoms with E-state index in [1.54, 1.807) is 0 Å². The standard InChI is InChI=1S/C21H27NO3/c23-16-6-14-22-15-13-21(24-17-18-7-2-1-3-8-18)12-11-19-9-4-5-10-20(19)25-21/h1-5,7-10,22-23H,6,11-17H2. The van der Waals surface area contributed by atoms with Crippen molar-refractivity contribution >= 4 is 0 Å². The van der Waals surface area contributed by atoms with Crippen molar-refractivity contribution in [1.82, 2.24) is 5.32 Å². The molecule has 0 spiro atoms. The van der Waals surface area contributed by atoms with Gasteiger partial charge < -0.3 is 19.9 Å². The molecule has 0 amide bonds. The smallest absolute Gasteiger partial charge is 0.212 e. The summed E-state index contributed by atoms with van der Waals surface area (Å²) in [6, 6.07) is 18.4. The molecule has 2 aromatic rings. The number of hydrogen-bond acceptors (Lipinski definition) is 4. The van der Waals surface area contributed by atoms with E-state index in [9.17, 15) is 0 Å². The van der Waals surface area contributed by atoms with Crippen molar-refractivity contribution in [2.75, 3.05) is 19.7 Å². The number of aryl methyl sites for hydroxylation is 1. The fraction of sp³-hybridized carbons (Fsp3) is 0.429. The zero-order valence-corrected chi connectivity index (χ0v) is 14.6. The van der Waals surface area contributed by atoms with Gasteiger partial charge >= 0.3 is 0 Å². The number of aliphatic hydroxyl groups excluding tert-OH is 1. The van der Waals surface area contributed by atoms with Crippen LogP contribution in [0.15, 0.2) is 54.6 Å². The molecule has 1 aliphatic rings. The molecule has 1 heterocycles. The third-order valence-corrected chi connectivity index (χ3v) is 4.58. The molecule has 0 saturated carbocycles. The Hall–Kier alpha value is -1.88. The summed E-state index contributed by atoms with van der Waals surface area (Å²) in [5, 5.41) is 12.3. The molecule has 1 atom stereocenters. The largest absolute Gasteiger partial charge is 0.462 e. The molecule has 2 N–H and O–H groups in total. The monoisotopic (exact) mass is 341 g/mol. The van der Waals surface area contributed by atoms with Crippen LogP contribution in [-0.2, 0) is 17.8 Å². The Morgan fingerprint density at radius 3 is 2.68 bits per heavy atom. The van der Waals surface area contributed by atoms with Crippen LogP contribution in [0.2, 0.25) is 0 Å². The molecule has 0 aliphatic carbocycles. The molecule has 0 saturated heterocycles. The van der Waals surface area contributed by atoms with Crippen LogP contribution in [0.4, 0.5) is 0 Å².